The molecule has 0 unspecified atom stereocenters. The van der Waals surface area contributed by atoms with Gasteiger partial charge in [-0.3, -0.25) is 19.9 Å². The summed E-state index contributed by atoms with van der Waals surface area (Å²) < 4.78 is 5.41. The Morgan fingerprint density at radius 1 is 1.25 bits per heavy atom. The number of ether oxygens (including phenoxy) is 1. The molecule has 32 heavy (non-hydrogen) atoms. The van der Waals surface area contributed by atoms with Crippen LogP contribution in [0.4, 0.5) is 11.6 Å². The molecule has 1 aromatic heterocycles. The standard InChI is InChI=1S/C22H26N6O3S/c1-5-11-27-20(30)18(13-19(29)25-16-7-9-17(10-8-16)31-6-2)28(22(27)32)26-21-23-14(3)12-15(4)24-21/h5,7-10,12,18H,1,6,11,13H2,2-4H3,(H,25,29)(H,23,24,26)/t18-/m1/s1. The van der Waals surface area contributed by atoms with Crippen LogP contribution in [-0.2, 0) is 9.59 Å². The van der Waals surface area contributed by atoms with Gasteiger partial charge in [0.2, 0.25) is 11.9 Å². The molecule has 3 rings (SSSR count). The third kappa shape index (κ3) is 5.38. The Hall–Kier alpha value is -3.53. The average Bonchev–Trinajstić information content (AvgIpc) is 2.94. The number of aryl methyl sites for hydroxylation is 2. The quantitative estimate of drug-likeness (QED) is 0.441. The minimum atomic E-state index is -0.852. The maximum Gasteiger partial charge on any atom is 0.254 e. The first-order valence-corrected chi connectivity index (χ1v) is 10.6. The van der Waals surface area contributed by atoms with Crippen molar-refractivity contribution in [3.8, 4) is 5.75 Å². The smallest absolute Gasteiger partial charge is 0.254 e. The van der Waals surface area contributed by atoms with E-state index in [-0.39, 0.29) is 29.9 Å². The lowest BCUT2D eigenvalue weighted by Crippen LogP contribution is -2.42. The largest absolute Gasteiger partial charge is 0.494 e. The molecule has 2 aromatic rings. The molecule has 1 aliphatic rings. The monoisotopic (exact) mass is 454 g/mol. The van der Waals surface area contributed by atoms with E-state index in [1.807, 2.05) is 26.8 Å². The summed E-state index contributed by atoms with van der Waals surface area (Å²) in [6.45, 7) is 10.1. The molecule has 1 aliphatic heterocycles. The van der Waals surface area contributed by atoms with Crippen molar-refractivity contribution >= 4 is 40.8 Å². The summed E-state index contributed by atoms with van der Waals surface area (Å²) >= 11 is 5.49. The maximum absolute atomic E-state index is 13.0. The number of nitrogens with zero attached hydrogens (tertiary/aromatic N) is 4. The number of anilines is 2. The van der Waals surface area contributed by atoms with Crippen LogP contribution in [0.3, 0.4) is 0 Å². The number of thiocarbonyl (C=S) groups is 1. The lowest BCUT2D eigenvalue weighted by atomic mass is 10.2. The van der Waals surface area contributed by atoms with Crippen LogP contribution in [0.2, 0.25) is 0 Å². The summed E-state index contributed by atoms with van der Waals surface area (Å²) in [5.41, 5.74) is 5.15. The molecule has 0 saturated carbocycles. The Morgan fingerprint density at radius 2 is 1.91 bits per heavy atom. The van der Waals surface area contributed by atoms with Crippen LogP contribution in [0.15, 0.2) is 43.0 Å². The molecule has 1 saturated heterocycles. The van der Waals surface area contributed by atoms with Gasteiger partial charge in [0.1, 0.15) is 11.8 Å². The van der Waals surface area contributed by atoms with E-state index in [4.69, 9.17) is 17.0 Å². The van der Waals surface area contributed by atoms with Crippen molar-refractivity contribution in [1.82, 2.24) is 19.9 Å². The van der Waals surface area contributed by atoms with E-state index >= 15 is 0 Å². The fraction of sp³-hybridized carbons (Fsp3) is 0.318. The van der Waals surface area contributed by atoms with Crippen LogP contribution in [0.5, 0.6) is 5.75 Å². The van der Waals surface area contributed by atoms with Gasteiger partial charge >= 0.3 is 0 Å². The molecule has 10 heteroatoms. The number of nitrogens with one attached hydrogen (secondary N) is 2. The molecule has 0 radical (unpaired) electrons. The van der Waals surface area contributed by atoms with Gasteiger partial charge in [-0.1, -0.05) is 6.08 Å². The normalized spacial score (nSPS) is 15.7. The third-order valence-electron chi connectivity index (χ3n) is 4.64. The number of hydrogen-bond acceptors (Lipinski definition) is 7. The highest BCUT2D eigenvalue weighted by Crippen LogP contribution is 2.23. The number of benzene rings is 1. The summed E-state index contributed by atoms with van der Waals surface area (Å²) in [4.78, 5) is 35.8. The van der Waals surface area contributed by atoms with E-state index < -0.39 is 6.04 Å². The number of hydrogen-bond donors (Lipinski definition) is 2. The van der Waals surface area contributed by atoms with E-state index in [1.165, 1.54) is 9.91 Å². The first kappa shape index (κ1) is 23.1. The van der Waals surface area contributed by atoms with Crippen molar-refractivity contribution < 1.29 is 14.3 Å². The van der Waals surface area contributed by atoms with Crippen molar-refractivity contribution in [2.24, 2.45) is 0 Å². The van der Waals surface area contributed by atoms with Crippen molar-refractivity contribution in [3.05, 3.63) is 54.4 Å². The summed E-state index contributed by atoms with van der Waals surface area (Å²) in [5.74, 6) is 0.387. The number of hydrazine groups is 1. The topological polar surface area (TPSA) is 99.7 Å². The molecule has 0 aliphatic carbocycles. The molecule has 168 valence electrons. The Labute approximate surface area is 192 Å². The summed E-state index contributed by atoms with van der Waals surface area (Å²) in [5, 5.41) is 4.51. The van der Waals surface area contributed by atoms with E-state index in [1.54, 1.807) is 30.3 Å². The van der Waals surface area contributed by atoms with Gasteiger partial charge in [-0.15, -0.1) is 6.58 Å². The zero-order valence-electron chi connectivity index (χ0n) is 18.3. The fourth-order valence-electron chi connectivity index (χ4n) is 3.32. The highest BCUT2D eigenvalue weighted by molar-refractivity contribution is 7.80. The third-order valence-corrected chi connectivity index (χ3v) is 5.06. The lowest BCUT2D eigenvalue weighted by molar-refractivity contribution is -0.130. The zero-order chi connectivity index (χ0) is 23.3. The van der Waals surface area contributed by atoms with Crippen LogP contribution < -0.4 is 15.5 Å². The van der Waals surface area contributed by atoms with Crippen LogP contribution in [-0.4, -0.2) is 56.0 Å². The molecular formula is C22H26N6O3S. The minimum absolute atomic E-state index is 0.113. The van der Waals surface area contributed by atoms with Crippen LogP contribution >= 0.6 is 12.2 Å². The fourth-order valence-corrected chi connectivity index (χ4v) is 3.66. The molecule has 1 fully saturated rings. The van der Waals surface area contributed by atoms with E-state index in [0.29, 0.717) is 24.0 Å². The molecule has 2 amide bonds. The molecule has 1 aromatic carbocycles. The molecule has 1 atom stereocenters. The van der Waals surface area contributed by atoms with E-state index in [0.717, 1.165) is 11.4 Å². The van der Waals surface area contributed by atoms with Crippen molar-refractivity contribution in [1.29, 1.82) is 0 Å². The second kappa shape index (κ2) is 10.2. The van der Waals surface area contributed by atoms with Gasteiger partial charge in [0.15, 0.2) is 5.11 Å². The van der Waals surface area contributed by atoms with Gasteiger partial charge in [0.05, 0.1) is 13.0 Å². The predicted octanol–water partition coefficient (Wildman–Crippen LogP) is 2.83. The second-order valence-corrected chi connectivity index (χ2v) is 7.57. The van der Waals surface area contributed by atoms with Crippen LogP contribution in [0.25, 0.3) is 0 Å². The van der Waals surface area contributed by atoms with Gasteiger partial charge in [-0.2, -0.15) is 0 Å². The average molecular weight is 455 g/mol. The van der Waals surface area contributed by atoms with E-state index in [9.17, 15) is 9.59 Å². The van der Waals surface area contributed by atoms with Crippen molar-refractivity contribution in [3.63, 3.8) is 0 Å². The Bertz CT molecular complexity index is 1010. The number of carbonyl (C=O) groups excluding carboxylic acids is 2. The summed E-state index contributed by atoms with van der Waals surface area (Å²) in [6, 6.07) is 8.01. The van der Waals surface area contributed by atoms with Gasteiger partial charge in [-0.25, -0.2) is 15.0 Å². The second-order valence-electron chi connectivity index (χ2n) is 7.20. The minimum Gasteiger partial charge on any atom is -0.494 e. The first-order valence-electron chi connectivity index (χ1n) is 10.2. The number of amides is 2. The maximum atomic E-state index is 13.0. The predicted molar refractivity (Wildman–Crippen MR) is 126 cm³/mol. The Kier molecular flexibility index (Phi) is 7.37. The summed E-state index contributed by atoms with van der Waals surface area (Å²) in [7, 11) is 0. The van der Waals surface area contributed by atoms with Gasteiger partial charge in [-0.05, 0) is 63.3 Å². The van der Waals surface area contributed by atoms with Crippen LogP contribution in [0, 0.1) is 13.8 Å². The lowest BCUT2D eigenvalue weighted by Gasteiger charge is -2.24. The van der Waals surface area contributed by atoms with E-state index in [2.05, 4.69) is 27.3 Å². The van der Waals surface area contributed by atoms with Gasteiger partial charge < -0.3 is 10.1 Å². The number of rotatable bonds is 9. The molecule has 0 spiro atoms. The Balaban J connectivity index is 1.77. The van der Waals surface area contributed by atoms with Gasteiger partial charge in [0.25, 0.3) is 5.91 Å². The highest BCUT2D eigenvalue weighted by atomic mass is 32.1. The van der Waals surface area contributed by atoms with Crippen LogP contribution in [0.1, 0.15) is 24.7 Å². The summed E-state index contributed by atoms with van der Waals surface area (Å²) in [6.07, 6.45) is 1.47. The first-order chi connectivity index (χ1) is 15.3. The van der Waals surface area contributed by atoms with Crippen molar-refractivity contribution in [2.75, 3.05) is 23.9 Å². The number of aromatic nitrogens is 2. The number of carbonyl (C=O) groups is 2. The molecule has 9 nitrogen and oxygen atoms in total. The SMILES string of the molecule is C=CCN1C(=O)[C@@H](CC(=O)Nc2ccc(OCC)cc2)N(Nc2nc(C)cc(C)n2)C1=S. The molecule has 2 N–H and O–H groups in total. The zero-order valence-corrected chi connectivity index (χ0v) is 19.1. The van der Waals surface area contributed by atoms with Crippen molar-refractivity contribution in [2.45, 2.75) is 33.2 Å². The molecule has 2 heterocycles. The Morgan fingerprint density at radius 3 is 2.50 bits per heavy atom. The van der Waals surface area contributed by atoms with Gasteiger partial charge in [0, 0.05) is 23.6 Å². The highest BCUT2D eigenvalue weighted by Gasteiger charge is 2.43. The molecular weight excluding hydrogens is 428 g/mol. The molecule has 0 bridgehead atoms.